The van der Waals surface area contributed by atoms with Crippen molar-refractivity contribution in [3.8, 4) is 5.69 Å². The highest BCUT2D eigenvalue weighted by Crippen LogP contribution is 2.23. The average Bonchev–Trinajstić information content (AvgIpc) is 2.71. The van der Waals surface area contributed by atoms with Gasteiger partial charge in [0.05, 0.1) is 11.4 Å². The smallest absolute Gasteiger partial charge is 0.207 e. The van der Waals surface area contributed by atoms with Gasteiger partial charge in [0.1, 0.15) is 5.82 Å². The first-order valence-corrected chi connectivity index (χ1v) is 7.02. The first-order chi connectivity index (χ1) is 8.97. The molecule has 0 atom stereocenters. The van der Waals surface area contributed by atoms with E-state index in [1.165, 1.54) is 6.07 Å². The summed E-state index contributed by atoms with van der Waals surface area (Å²) in [6.07, 6.45) is 1.83. The van der Waals surface area contributed by atoms with Gasteiger partial charge in [0.25, 0.3) is 0 Å². The Labute approximate surface area is 121 Å². The number of hydrogen-bond donors (Lipinski definition) is 1. The summed E-state index contributed by atoms with van der Waals surface area (Å²) < 4.78 is 16.5. The minimum atomic E-state index is -0.270. The highest BCUT2D eigenvalue weighted by atomic mass is 79.9. The summed E-state index contributed by atoms with van der Waals surface area (Å²) in [5, 5.41) is 3.25. The van der Waals surface area contributed by atoms with E-state index in [-0.39, 0.29) is 5.82 Å². The topological polar surface area (TPSA) is 29.9 Å². The number of halogens is 2. The van der Waals surface area contributed by atoms with Gasteiger partial charge >= 0.3 is 0 Å². The van der Waals surface area contributed by atoms with Crippen LogP contribution in [-0.4, -0.2) is 16.1 Å². The van der Waals surface area contributed by atoms with Crippen molar-refractivity contribution in [2.45, 2.75) is 20.8 Å². The van der Waals surface area contributed by atoms with Gasteiger partial charge in [0.15, 0.2) is 0 Å². The summed E-state index contributed by atoms with van der Waals surface area (Å²) in [6, 6.07) is 4.88. The zero-order valence-electron chi connectivity index (χ0n) is 11.2. The van der Waals surface area contributed by atoms with Crippen molar-refractivity contribution in [3.05, 3.63) is 40.4 Å². The lowest BCUT2D eigenvalue weighted by Crippen LogP contribution is -2.12. The van der Waals surface area contributed by atoms with Crippen LogP contribution in [0.1, 0.15) is 19.5 Å². The zero-order chi connectivity index (χ0) is 14.0. The summed E-state index contributed by atoms with van der Waals surface area (Å²) >= 11 is 3.37. The molecule has 0 saturated carbocycles. The Morgan fingerprint density at radius 1 is 1.42 bits per heavy atom. The molecule has 0 aliphatic heterocycles. The fourth-order valence-corrected chi connectivity index (χ4v) is 2.12. The molecule has 0 unspecified atom stereocenters. The van der Waals surface area contributed by atoms with E-state index < -0.39 is 0 Å². The van der Waals surface area contributed by atoms with Crippen LogP contribution in [0.15, 0.2) is 28.9 Å². The lowest BCUT2D eigenvalue weighted by Gasteiger charge is -2.12. The second-order valence-electron chi connectivity index (χ2n) is 4.95. The molecule has 1 N–H and O–H groups in total. The van der Waals surface area contributed by atoms with Crippen LogP contribution in [0, 0.1) is 18.7 Å². The Hall–Kier alpha value is -1.36. The first-order valence-electron chi connectivity index (χ1n) is 6.22. The minimum Gasteiger partial charge on any atom is -0.355 e. The molecule has 0 amide bonds. The van der Waals surface area contributed by atoms with Crippen LogP contribution in [-0.2, 0) is 0 Å². The summed E-state index contributed by atoms with van der Waals surface area (Å²) in [5.74, 6) is 0.897. The Balaban J connectivity index is 2.40. The molecule has 0 fully saturated rings. The van der Waals surface area contributed by atoms with E-state index >= 15 is 0 Å². The van der Waals surface area contributed by atoms with Crippen LogP contribution in [0.2, 0.25) is 0 Å². The Morgan fingerprint density at radius 2 is 2.16 bits per heavy atom. The second-order valence-corrected chi connectivity index (χ2v) is 5.86. The van der Waals surface area contributed by atoms with E-state index in [1.54, 1.807) is 16.7 Å². The van der Waals surface area contributed by atoms with Gasteiger partial charge in [-0.1, -0.05) is 29.8 Å². The van der Waals surface area contributed by atoms with E-state index in [2.05, 4.69) is 40.1 Å². The number of benzene rings is 1. The molecule has 0 spiro atoms. The fourth-order valence-electron chi connectivity index (χ4n) is 1.77. The van der Waals surface area contributed by atoms with Crippen molar-refractivity contribution in [3.63, 3.8) is 0 Å². The van der Waals surface area contributed by atoms with E-state index in [1.807, 2.05) is 13.1 Å². The number of imidazole rings is 1. The van der Waals surface area contributed by atoms with Gasteiger partial charge in [0, 0.05) is 17.2 Å². The molecular weight excluding hydrogens is 309 g/mol. The molecule has 0 aliphatic rings. The fraction of sp³-hybridized carbons (Fsp3) is 0.357. The highest BCUT2D eigenvalue weighted by molar-refractivity contribution is 9.10. The van der Waals surface area contributed by atoms with Crippen LogP contribution in [0.5, 0.6) is 0 Å². The quantitative estimate of drug-likeness (QED) is 0.915. The van der Waals surface area contributed by atoms with Gasteiger partial charge in [-0.2, -0.15) is 0 Å². The predicted molar refractivity (Wildman–Crippen MR) is 79.3 cm³/mol. The molecule has 5 heteroatoms. The van der Waals surface area contributed by atoms with Gasteiger partial charge in [0.2, 0.25) is 5.95 Å². The molecule has 2 aromatic rings. The lowest BCUT2D eigenvalue weighted by atomic mass is 10.2. The molecule has 0 radical (unpaired) electrons. The molecular formula is C14H17BrFN3. The number of aryl methyl sites for hydroxylation is 1. The Bertz CT molecular complexity index is 578. The van der Waals surface area contributed by atoms with E-state index in [4.69, 9.17) is 0 Å². The molecule has 2 rings (SSSR count). The van der Waals surface area contributed by atoms with Crippen molar-refractivity contribution < 1.29 is 4.39 Å². The average molecular weight is 326 g/mol. The monoisotopic (exact) mass is 325 g/mol. The van der Waals surface area contributed by atoms with Gasteiger partial charge < -0.3 is 5.32 Å². The lowest BCUT2D eigenvalue weighted by molar-refractivity contribution is 0.617. The van der Waals surface area contributed by atoms with Crippen molar-refractivity contribution in [1.82, 2.24) is 9.55 Å². The van der Waals surface area contributed by atoms with Crippen molar-refractivity contribution in [2.75, 3.05) is 11.9 Å². The third kappa shape index (κ3) is 3.35. The number of rotatable bonds is 4. The predicted octanol–water partition coefficient (Wildman–Crippen LogP) is 4.15. The van der Waals surface area contributed by atoms with Crippen LogP contribution in [0.3, 0.4) is 0 Å². The largest absolute Gasteiger partial charge is 0.355 e. The van der Waals surface area contributed by atoms with Crippen LogP contribution >= 0.6 is 15.9 Å². The highest BCUT2D eigenvalue weighted by Gasteiger charge is 2.12. The number of nitrogens with one attached hydrogen (secondary N) is 1. The van der Waals surface area contributed by atoms with E-state index in [0.717, 1.165) is 16.7 Å². The van der Waals surface area contributed by atoms with Gasteiger partial charge in [-0.25, -0.2) is 9.37 Å². The third-order valence-electron chi connectivity index (χ3n) is 2.66. The molecule has 3 nitrogen and oxygen atoms in total. The molecule has 1 aromatic heterocycles. The first kappa shape index (κ1) is 14.1. The van der Waals surface area contributed by atoms with Crippen molar-refractivity contribution >= 4 is 21.9 Å². The SMILES string of the molecule is Cc1cn(-c2cc(Br)ccc2F)c(NCC(C)C)n1. The third-order valence-corrected chi connectivity index (χ3v) is 3.16. The zero-order valence-corrected chi connectivity index (χ0v) is 12.8. The second kappa shape index (κ2) is 5.74. The maximum atomic E-state index is 13.9. The number of nitrogens with zero attached hydrogens (tertiary/aromatic N) is 2. The van der Waals surface area contributed by atoms with Gasteiger partial charge in [-0.05, 0) is 31.0 Å². The summed E-state index contributed by atoms with van der Waals surface area (Å²) in [6.45, 7) is 6.93. The number of hydrogen-bond acceptors (Lipinski definition) is 2. The Kier molecular flexibility index (Phi) is 4.24. The standard InChI is InChI=1S/C14H17BrFN3/c1-9(2)7-17-14-18-10(3)8-19(14)13-6-11(15)4-5-12(13)16/h4-6,8-9H,7H2,1-3H3,(H,17,18). The molecule has 0 saturated heterocycles. The van der Waals surface area contributed by atoms with Crippen molar-refractivity contribution in [2.24, 2.45) is 5.92 Å². The van der Waals surface area contributed by atoms with Crippen molar-refractivity contribution in [1.29, 1.82) is 0 Å². The maximum Gasteiger partial charge on any atom is 0.207 e. The van der Waals surface area contributed by atoms with Crippen LogP contribution in [0.25, 0.3) is 5.69 Å². The molecule has 102 valence electrons. The molecule has 1 aromatic carbocycles. The Morgan fingerprint density at radius 3 is 2.84 bits per heavy atom. The number of anilines is 1. The summed E-state index contributed by atoms with van der Waals surface area (Å²) in [7, 11) is 0. The summed E-state index contributed by atoms with van der Waals surface area (Å²) in [5.41, 5.74) is 1.34. The molecule has 0 bridgehead atoms. The van der Waals surface area contributed by atoms with Gasteiger partial charge in [-0.3, -0.25) is 4.57 Å². The van der Waals surface area contributed by atoms with E-state index in [9.17, 15) is 4.39 Å². The van der Waals surface area contributed by atoms with Crippen LogP contribution < -0.4 is 5.32 Å². The summed E-state index contributed by atoms with van der Waals surface area (Å²) in [4.78, 5) is 4.40. The molecule has 19 heavy (non-hydrogen) atoms. The maximum absolute atomic E-state index is 13.9. The van der Waals surface area contributed by atoms with Crippen LogP contribution in [0.4, 0.5) is 10.3 Å². The molecule has 1 heterocycles. The van der Waals surface area contributed by atoms with Gasteiger partial charge in [-0.15, -0.1) is 0 Å². The van der Waals surface area contributed by atoms with E-state index in [0.29, 0.717) is 17.6 Å². The minimum absolute atomic E-state index is 0.270. The molecule has 0 aliphatic carbocycles. The normalized spacial score (nSPS) is 11.1. The number of aromatic nitrogens is 2.